The minimum atomic E-state index is -0.467. The number of nitrogens with zero attached hydrogens (tertiary/aromatic N) is 1. The zero-order valence-electron chi connectivity index (χ0n) is 13.5. The van der Waals surface area contributed by atoms with Crippen LogP contribution in [0.2, 0.25) is 0 Å². The first kappa shape index (κ1) is 17.1. The van der Waals surface area contributed by atoms with E-state index in [1.807, 2.05) is 51.1 Å². The van der Waals surface area contributed by atoms with E-state index in [0.717, 1.165) is 15.4 Å². The Morgan fingerprint density at radius 3 is 2.43 bits per heavy atom. The summed E-state index contributed by atoms with van der Waals surface area (Å²) in [6.07, 6.45) is 1.89. The minimum Gasteiger partial charge on any atom is -0.460 e. The summed E-state index contributed by atoms with van der Waals surface area (Å²) in [5.74, 6) is 0.0978. The molecule has 0 atom stereocenters. The highest BCUT2D eigenvalue weighted by atomic mass is 32.2. The first-order chi connectivity index (χ1) is 10.7. The monoisotopic (exact) mass is 331 g/mol. The number of carbonyl (C=O) groups is 1. The van der Waals surface area contributed by atoms with Crippen molar-refractivity contribution in [1.82, 2.24) is 4.98 Å². The van der Waals surface area contributed by atoms with Crippen LogP contribution in [0.25, 0.3) is 0 Å². The molecule has 0 saturated heterocycles. The van der Waals surface area contributed by atoms with Gasteiger partial charge in [0.15, 0.2) is 0 Å². The molecule has 2 rings (SSSR count). The molecule has 0 amide bonds. The Kier molecular flexibility index (Phi) is 5.15. The van der Waals surface area contributed by atoms with Crippen LogP contribution in [0.4, 0.5) is 11.5 Å². The third-order valence-corrected chi connectivity index (χ3v) is 3.98. The van der Waals surface area contributed by atoms with E-state index in [-0.39, 0.29) is 12.4 Å². The molecule has 0 fully saturated rings. The van der Waals surface area contributed by atoms with Crippen molar-refractivity contribution in [2.24, 2.45) is 0 Å². The van der Waals surface area contributed by atoms with Gasteiger partial charge in [-0.1, -0.05) is 23.9 Å². The van der Waals surface area contributed by atoms with E-state index in [1.54, 1.807) is 6.20 Å². The van der Waals surface area contributed by atoms with Crippen LogP contribution in [0.3, 0.4) is 0 Å². The minimum absolute atomic E-state index is 0.232. The van der Waals surface area contributed by atoms with Crippen molar-refractivity contribution in [2.45, 2.75) is 42.6 Å². The van der Waals surface area contributed by atoms with E-state index in [0.29, 0.717) is 11.5 Å². The van der Waals surface area contributed by atoms with Crippen molar-refractivity contribution in [2.75, 3.05) is 11.5 Å². The van der Waals surface area contributed by atoms with Gasteiger partial charge in [0.1, 0.15) is 11.4 Å². The van der Waals surface area contributed by atoms with Crippen LogP contribution in [0, 0.1) is 0 Å². The van der Waals surface area contributed by atoms with Crippen LogP contribution >= 0.6 is 11.8 Å². The topological polar surface area (TPSA) is 91.2 Å². The summed E-state index contributed by atoms with van der Waals surface area (Å²) in [5, 5.41) is 0. The average molecular weight is 331 g/mol. The molecule has 0 aliphatic heterocycles. The highest BCUT2D eigenvalue weighted by Crippen LogP contribution is 2.33. The fraction of sp³-hybridized carbons (Fsp3) is 0.294. The Morgan fingerprint density at radius 1 is 1.17 bits per heavy atom. The zero-order chi connectivity index (χ0) is 17.0. The second kappa shape index (κ2) is 6.91. The van der Waals surface area contributed by atoms with E-state index in [1.165, 1.54) is 11.8 Å². The lowest BCUT2D eigenvalue weighted by Gasteiger charge is -2.19. The quantitative estimate of drug-likeness (QED) is 0.835. The number of hydrogen-bond donors (Lipinski definition) is 2. The molecule has 4 N–H and O–H groups in total. The zero-order valence-corrected chi connectivity index (χ0v) is 14.3. The maximum atomic E-state index is 11.8. The SMILES string of the molecule is CC(C)(C)OC(=O)Cc1ccc(Sc2ccnc(N)c2N)cc1. The van der Waals surface area contributed by atoms with E-state index >= 15 is 0 Å². The molecular formula is C17H21N3O2S. The second-order valence-corrected chi connectivity index (χ2v) is 7.23. The van der Waals surface area contributed by atoms with Crippen LogP contribution < -0.4 is 11.5 Å². The van der Waals surface area contributed by atoms with Gasteiger partial charge in [-0.2, -0.15) is 0 Å². The Balaban J connectivity index is 2.02. The summed E-state index contributed by atoms with van der Waals surface area (Å²) in [5.41, 5.74) is 12.5. The Bertz CT molecular complexity index is 694. The summed E-state index contributed by atoms with van der Waals surface area (Å²) in [7, 11) is 0. The van der Waals surface area contributed by atoms with Gasteiger partial charge in [0.25, 0.3) is 0 Å². The maximum absolute atomic E-state index is 11.8. The van der Waals surface area contributed by atoms with Crippen LogP contribution in [0.1, 0.15) is 26.3 Å². The Morgan fingerprint density at radius 2 is 1.83 bits per heavy atom. The normalized spacial score (nSPS) is 11.3. The fourth-order valence-corrected chi connectivity index (χ4v) is 2.78. The standard InChI is InChI=1S/C17H21N3O2S/c1-17(2,3)22-14(21)10-11-4-6-12(7-5-11)23-13-8-9-20-16(19)15(13)18/h4-9H,10,18H2,1-3H3,(H2,19,20). The summed E-state index contributed by atoms with van der Waals surface area (Å²) in [6.45, 7) is 5.57. The van der Waals surface area contributed by atoms with Crippen molar-refractivity contribution in [3.63, 3.8) is 0 Å². The number of nitrogens with two attached hydrogens (primary N) is 2. The number of esters is 1. The van der Waals surface area contributed by atoms with Gasteiger partial charge in [-0.3, -0.25) is 4.79 Å². The maximum Gasteiger partial charge on any atom is 0.310 e. The first-order valence-electron chi connectivity index (χ1n) is 7.23. The van der Waals surface area contributed by atoms with Crippen molar-refractivity contribution >= 4 is 29.2 Å². The molecule has 0 aliphatic rings. The van der Waals surface area contributed by atoms with Crippen LogP contribution in [-0.2, 0) is 16.0 Å². The molecule has 0 unspecified atom stereocenters. The van der Waals surface area contributed by atoms with Crippen LogP contribution in [-0.4, -0.2) is 16.6 Å². The molecule has 0 aliphatic carbocycles. The summed E-state index contributed by atoms with van der Waals surface area (Å²) < 4.78 is 5.31. The lowest BCUT2D eigenvalue weighted by molar-refractivity contribution is -0.153. The Labute approximate surface area is 140 Å². The molecule has 0 radical (unpaired) electrons. The lowest BCUT2D eigenvalue weighted by Crippen LogP contribution is -2.24. The van der Waals surface area contributed by atoms with Gasteiger partial charge in [-0.05, 0) is 44.5 Å². The predicted octanol–water partition coefficient (Wildman–Crippen LogP) is 3.28. The van der Waals surface area contributed by atoms with Gasteiger partial charge < -0.3 is 16.2 Å². The number of carbonyl (C=O) groups excluding carboxylic acids is 1. The lowest BCUT2D eigenvalue weighted by atomic mass is 10.1. The van der Waals surface area contributed by atoms with Gasteiger partial charge in [0.05, 0.1) is 12.1 Å². The largest absolute Gasteiger partial charge is 0.460 e. The van der Waals surface area contributed by atoms with Gasteiger partial charge in [-0.25, -0.2) is 4.98 Å². The van der Waals surface area contributed by atoms with E-state index in [9.17, 15) is 4.79 Å². The number of pyridine rings is 1. The van der Waals surface area contributed by atoms with Gasteiger partial charge in [0, 0.05) is 16.0 Å². The summed E-state index contributed by atoms with van der Waals surface area (Å²) >= 11 is 1.50. The van der Waals surface area contributed by atoms with Crippen molar-refractivity contribution < 1.29 is 9.53 Å². The molecule has 0 bridgehead atoms. The smallest absolute Gasteiger partial charge is 0.310 e. The van der Waals surface area contributed by atoms with Crippen LogP contribution in [0.15, 0.2) is 46.3 Å². The molecule has 1 heterocycles. The van der Waals surface area contributed by atoms with E-state index < -0.39 is 5.60 Å². The Hall–Kier alpha value is -2.21. The predicted molar refractivity (Wildman–Crippen MR) is 93.2 cm³/mol. The number of hydrogen-bond acceptors (Lipinski definition) is 6. The molecule has 0 saturated carbocycles. The van der Waals surface area contributed by atoms with Crippen molar-refractivity contribution in [3.05, 3.63) is 42.1 Å². The van der Waals surface area contributed by atoms with Crippen molar-refractivity contribution in [3.8, 4) is 0 Å². The third-order valence-electron chi connectivity index (χ3n) is 2.90. The van der Waals surface area contributed by atoms with E-state index in [4.69, 9.17) is 16.2 Å². The molecule has 1 aromatic heterocycles. The average Bonchev–Trinajstić information content (AvgIpc) is 2.44. The fourth-order valence-electron chi connectivity index (χ4n) is 1.91. The van der Waals surface area contributed by atoms with E-state index in [2.05, 4.69) is 4.98 Å². The van der Waals surface area contributed by atoms with Gasteiger partial charge >= 0.3 is 5.97 Å². The third kappa shape index (κ3) is 5.17. The molecule has 2 aromatic rings. The van der Waals surface area contributed by atoms with Crippen LogP contribution in [0.5, 0.6) is 0 Å². The molecule has 122 valence electrons. The van der Waals surface area contributed by atoms with Crippen molar-refractivity contribution in [1.29, 1.82) is 0 Å². The molecule has 23 heavy (non-hydrogen) atoms. The number of rotatable bonds is 4. The first-order valence-corrected chi connectivity index (χ1v) is 8.05. The number of nitrogen functional groups attached to an aromatic ring is 2. The highest BCUT2D eigenvalue weighted by Gasteiger charge is 2.16. The molecule has 1 aromatic carbocycles. The molecule has 6 heteroatoms. The summed E-state index contributed by atoms with van der Waals surface area (Å²) in [4.78, 5) is 17.6. The summed E-state index contributed by atoms with van der Waals surface area (Å²) in [6, 6.07) is 9.53. The van der Waals surface area contributed by atoms with Gasteiger partial charge in [0.2, 0.25) is 0 Å². The number of benzene rings is 1. The van der Waals surface area contributed by atoms with Gasteiger partial charge in [-0.15, -0.1) is 0 Å². The molecular weight excluding hydrogens is 310 g/mol. The number of aromatic nitrogens is 1. The highest BCUT2D eigenvalue weighted by molar-refractivity contribution is 7.99. The molecule has 0 spiro atoms. The number of ether oxygens (including phenoxy) is 1. The molecule has 5 nitrogen and oxygen atoms in total. The second-order valence-electron chi connectivity index (χ2n) is 6.12. The number of anilines is 2.